The van der Waals surface area contributed by atoms with Crippen molar-refractivity contribution in [2.45, 2.75) is 13.0 Å². The van der Waals surface area contributed by atoms with E-state index in [-0.39, 0.29) is 6.04 Å². The van der Waals surface area contributed by atoms with E-state index in [1.54, 1.807) is 13.2 Å². The molecule has 1 unspecified atom stereocenters. The second-order valence-corrected chi connectivity index (χ2v) is 6.09. The summed E-state index contributed by atoms with van der Waals surface area (Å²) < 4.78 is 6.20. The van der Waals surface area contributed by atoms with Crippen molar-refractivity contribution in [3.63, 3.8) is 0 Å². The van der Waals surface area contributed by atoms with Gasteiger partial charge in [-0.05, 0) is 30.7 Å². The highest BCUT2D eigenvalue weighted by Gasteiger charge is 2.12. The summed E-state index contributed by atoms with van der Waals surface area (Å²) in [6.45, 7) is 2.03. The van der Waals surface area contributed by atoms with E-state index in [1.807, 2.05) is 37.3 Å². The molecule has 0 saturated carbocycles. The summed E-state index contributed by atoms with van der Waals surface area (Å²) in [4.78, 5) is 0. The molecule has 0 bridgehead atoms. The standard InChI is InChI=1S/C15H14BrCl2NO/c1-9(13-4-3-5-14(17)15(13)18)19-11-6-10(16)7-12(8-11)20-2/h3-9,19H,1-2H3. The van der Waals surface area contributed by atoms with Gasteiger partial charge in [0.05, 0.1) is 23.2 Å². The van der Waals surface area contributed by atoms with Gasteiger partial charge in [0.2, 0.25) is 0 Å². The molecule has 1 N–H and O–H groups in total. The van der Waals surface area contributed by atoms with Crippen molar-refractivity contribution in [3.05, 3.63) is 56.5 Å². The number of benzene rings is 2. The monoisotopic (exact) mass is 373 g/mol. The van der Waals surface area contributed by atoms with E-state index in [0.29, 0.717) is 10.0 Å². The predicted molar refractivity (Wildman–Crippen MR) is 89.2 cm³/mol. The molecular formula is C15H14BrCl2NO. The van der Waals surface area contributed by atoms with Crippen molar-refractivity contribution >= 4 is 44.8 Å². The summed E-state index contributed by atoms with van der Waals surface area (Å²) in [6.07, 6.45) is 0. The quantitative estimate of drug-likeness (QED) is 0.715. The Morgan fingerprint density at radius 1 is 1.20 bits per heavy atom. The van der Waals surface area contributed by atoms with Crippen LogP contribution in [0.25, 0.3) is 0 Å². The van der Waals surface area contributed by atoms with Gasteiger partial charge in [0.15, 0.2) is 0 Å². The van der Waals surface area contributed by atoms with Crippen LogP contribution in [0.4, 0.5) is 5.69 Å². The minimum Gasteiger partial charge on any atom is -0.497 e. The molecule has 0 aliphatic rings. The van der Waals surface area contributed by atoms with Gasteiger partial charge in [-0.1, -0.05) is 51.3 Å². The smallest absolute Gasteiger partial charge is 0.122 e. The van der Waals surface area contributed by atoms with Crippen LogP contribution >= 0.6 is 39.1 Å². The van der Waals surface area contributed by atoms with Gasteiger partial charge in [0.25, 0.3) is 0 Å². The largest absolute Gasteiger partial charge is 0.497 e. The fourth-order valence-corrected chi connectivity index (χ4v) is 2.89. The maximum Gasteiger partial charge on any atom is 0.122 e. The molecular weight excluding hydrogens is 361 g/mol. The van der Waals surface area contributed by atoms with Crippen LogP contribution in [0.1, 0.15) is 18.5 Å². The molecule has 0 aliphatic heterocycles. The Morgan fingerprint density at radius 2 is 1.95 bits per heavy atom. The fourth-order valence-electron chi connectivity index (χ4n) is 1.95. The Hall–Kier alpha value is -0.900. The van der Waals surface area contributed by atoms with Crippen LogP contribution in [-0.4, -0.2) is 7.11 Å². The first-order chi connectivity index (χ1) is 9.51. The fraction of sp³-hybridized carbons (Fsp3) is 0.200. The highest BCUT2D eigenvalue weighted by atomic mass is 79.9. The Kier molecular flexibility index (Phi) is 5.19. The third-order valence-corrected chi connectivity index (χ3v) is 4.23. The van der Waals surface area contributed by atoms with E-state index in [1.165, 1.54) is 0 Å². The molecule has 2 aromatic carbocycles. The van der Waals surface area contributed by atoms with E-state index in [9.17, 15) is 0 Å². The van der Waals surface area contributed by atoms with Gasteiger partial charge in [-0.15, -0.1) is 0 Å². The minimum absolute atomic E-state index is 0.0280. The van der Waals surface area contributed by atoms with Crippen LogP contribution in [0.15, 0.2) is 40.9 Å². The number of rotatable bonds is 4. The van der Waals surface area contributed by atoms with Crippen molar-refractivity contribution in [1.29, 1.82) is 0 Å². The van der Waals surface area contributed by atoms with Gasteiger partial charge in [0.1, 0.15) is 5.75 Å². The van der Waals surface area contributed by atoms with Crippen molar-refractivity contribution < 1.29 is 4.74 Å². The average Bonchev–Trinajstić information content (AvgIpc) is 2.41. The van der Waals surface area contributed by atoms with Crippen LogP contribution < -0.4 is 10.1 Å². The van der Waals surface area contributed by atoms with E-state index >= 15 is 0 Å². The zero-order valence-electron chi connectivity index (χ0n) is 11.1. The van der Waals surface area contributed by atoms with Crippen LogP contribution in [-0.2, 0) is 0 Å². The molecule has 106 valence electrons. The van der Waals surface area contributed by atoms with Gasteiger partial charge in [-0.3, -0.25) is 0 Å². The first kappa shape index (κ1) is 15.5. The predicted octanol–water partition coefficient (Wildman–Crippen LogP) is 5.94. The summed E-state index contributed by atoms with van der Waals surface area (Å²) in [6, 6.07) is 11.5. The van der Waals surface area contributed by atoms with Crippen LogP contribution in [0.5, 0.6) is 5.75 Å². The Morgan fingerprint density at radius 3 is 2.65 bits per heavy atom. The normalized spacial score (nSPS) is 12.1. The van der Waals surface area contributed by atoms with Crippen LogP contribution in [0.2, 0.25) is 10.0 Å². The lowest BCUT2D eigenvalue weighted by Crippen LogP contribution is -2.07. The van der Waals surface area contributed by atoms with Gasteiger partial charge in [-0.2, -0.15) is 0 Å². The Bertz CT molecular complexity index is 619. The first-order valence-corrected chi connectivity index (χ1v) is 7.61. The number of hydrogen-bond donors (Lipinski definition) is 1. The molecule has 0 saturated heterocycles. The Labute approximate surface area is 137 Å². The average molecular weight is 375 g/mol. The molecule has 2 aromatic rings. The summed E-state index contributed by atoms with van der Waals surface area (Å²) in [5.41, 5.74) is 1.90. The van der Waals surface area contributed by atoms with E-state index in [4.69, 9.17) is 27.9 Å². The molecule has 0 radical (unpaired) electrons. The van der Waals surface area contributed by atoms with E-state index in [0.717, 1.165) is 21.5 Å². The molecule has 1 atom stereocenters. The van der Waals surface area contributed by atoms with Gasteiger partial charge < -0.3 is 10.1 Å². The molecule has 2 nitrogen and oxygen atoms in total. The zero-order valence-corrected chi connectivity index (χ0v) is 14.2. The highest BCUT2D eigenvalue weighted by molar-refractivity contribution is 9.10. The molecule has 0 heterocycles. The highest BCUT2D eigenvalue weighted by Crippen LogP contribution is 2.33. The lowest BCUT2D eigenvalue weighted by atomic mass is 10.1. The van der Waals surface area contributed by atoms with Crippen molar-refractivity contribution in [2.24, 2.45) is 0 Å². The maximum absolute atomic E-state index is 6.24. The number of methoxy groups -OCH3 is 1. The van der Waals surface area contributed by atoms with Crippen molar-refractivity contribution in [2.75, 3.05) is 12.4 Å². The van der Waals surface area contributed by atoms with E-state index < -0.39 is 0 Å². The molecule has 0 aromatic heterocycles. The number of anilines is 1. The van der Waals surface area contributed by atoms with Crippen molar-refractivity contribution in [1.82, 2.24) is 0 Å². The second-order valence-electron chi connectivity index (χ2n) is 4.39. The topological polar surface area (TPSA) is 21.3 Å². The summed E-state index contributed by atoms with van der Waals surface area (Å²) in [5, 5.41) is 4.53. The van der Waals surface area contributed by atoms with Crippen LogP contribution in [0.3, 0.4) is 0 Å². The zero-order chi connectivity index (χ0) is 14.7. The lowest BCUT2D eigenvalue weighted by Gasteiger charge is -2.18. The minimum atomic E-state index is 0.0280. The number of nitrogens with one attached hydrogen (secondary N) is 1. The van der Waals surface area contributed by atoms with Gasteiger partial charge in [-0.25, -0.2) is 0 Å². The molecule has 0 spiro atoms. The second kappa shape index (κ2) is 6.70. The third-order valence-electron chi connectivity index (χ3n) is 2.94. The molecule has 0 fully saturated rings. The number of ether oxygens (including phenoxy) is 1. The lowest BCUT2D eigenvalue weighted by molar-refractivity contribution is 0.414. The molecule has 5 heteroatoms. The Balaban J connectivity index is 2.25. The van der Waals surface area contributed by atoms with Crippen LogP contribution in [0, 0.1) is 0 Å². The third kappa shape index (κ3) is 3.60. The molecule has 20 heavy (non-hydrogen) atoms. The molecule has 0 aliphatic carbocycles. The van der Waals surface area contributed by atoms with Gasteiger partial charge >= 0.3 is 0 Å². The molecule has 0 amide bonds. The number of halogens is 3. The maximum atomic E-state index is 6.24. The van der Waals surface area contributed by atoms with Gasteiger partial charge in [0, 0.05) is 16.2 Å². The number of hydrogen-bond acceptors (Lipinski definition) is 2. The SMILES string of the molecule is COc1cc(Br)cc(NC(C)c2cccc(Cl)c2Cl)c1. The summed E-state index contributed by atoms with van der Waals surface area (Å²) >= 11 is 15.7. The van der Waals surface area contributed by atoms with E-state index in [2.05, 4.69) is 21.2 Å². The summed E-state index contributed by atoms with van der Waals surface area (Å²) in [7, 11) is 1.64. The summed E-state index contributed by atoms with van der Waals surface area (Å²) in [5.74, 6) is 0.784. The first-order valence-electron chi connectivity index (χ1n) is 6.06. The molecule has 2 rings (SSSR count). The van der Waals surface area contributed by atoms with Crippen molar-refractivity contribution in [3.8, 4) is 5.75 Å².